The molecule has 9 heteroatoms. The van der Waals surface area contributed by atoms with Crippen LogP contribution in [0, 0.1) is 6.92 Å². The molecule has 0 radical (unpaired) electrons. The zero-order valence-corrected chi connectivity index (χ0v) is 15.1. The molecule has 0 saturated carbocycles. The van der Waals surface area contributed by atoms with Crippen molar-refractivity contribution in [2.45, 2.75) is 33.3 Å². The smallest absolute Gasteiger partial charge is 0.410 e. The molecule has 8 nitrogen and oxygen atoms in total. The molecule has 1 saturated heterocycles. The van der Waals surface area contributed by atoms with Crippen molar-refractivity contribution in [1.29, 1.82) is 0 Å². The fourth-order valence-corrected chi connectivity index (χ4v) is 3.24. The quantitative estimate of drug-likeness (QED) is 0.775. The summed E-state index contributed by atoms with van der Waals surface area (Å²) in [6.07, 6.45) is -0.302. The van der Waals surface area contributed by atoms with Crippen LogP contribution in [-0.2, 0) is 4.74 Å². The molecule has 0 atom stereocenters. The van der Waals surface area contributed by atoms with Crippen LogP contribution in [0.15, 0.2) is 10.9 Å². The first-order valence-electron chi connectivity index (χ1n) is 7.83. The molecule has 3 rings (SSSR count). The summed E-state index contributed by atoms with van der Waals surface area (Å²) in [5.74, 6) is 0.632. The summed E-state index contributed by atoms with van der Waals surface area (Å²) in [4.78, 5) is 33.0. The predicted octanol–water partition coefficient (Wildman–Crippen LogP) is 1.52. The Morgan fingerprint density at radius 1 is 1.25 bits per heavy atom. The number of nitrogens with zero attached hydrogens (tertiary/aromatic N) is 5. The number of anilines is 1. The van der Waals surface area contributed by atoms with Gasteiger partial charge in [-0.15, -0.1) is 0 Å². The topological polar surface area (TPSA) is 80.0 Å². The van der Waals surface area contributed by atoms with Crippen LogP contribution in [0.4, 0.5) is 10.6 Å². The number of carbonyl (C=O) groups is 1. The lowest BCUT2D eigenvalue weighted by molar-refractivity contribution is 0.0240. The first-order chi connectivity index (χ1) is 11.2. The lowest BCUT2D eigenvalue weighted by Crippen LogP contribution is -2.50. The molecule has 0 bridgehead atoms. The Morgan fingerprint density at radius 2 is 1.92 bits per heavy atom. The lowest BCUT2D eigenvalue weighted by Gasteiger charge is -2.36. The highest BCUT2D eigenvalue weighted by atomic mass is 32.1. The lowest BCUT2D eigenvalue weighted by atomic mass is 10.2. The van der Waals surface area contributed by atoms with E-state index in [0.29, 0.717) is 37.0 Å². The zero-order valence-electron chi connectivity index (χ0n) is 14.3. The SMILES string of the molecule is Cc1nn2c(=O)cc(N3CCN(C(=O)OC(C)(C)C)CC3)nc2s1. The van der Waals surface area contributed by atoms with Gasteiger partial charge in [-0.2, -0.15) is 9.61 Å². The van der Waals surface area contributed by atoms with E-state index in [-0.39, 0.29) is 11.7 Å². The molecule has 1 aliphatic heterocycles. The van der Waals surface area contributed by atoms with E-state index in [0.717, 1.165) is 5.01 Å². The van der Waals surface area contributed by atoms with Crippen LogP contribution in [0.1, 0.15) is 25.8 Å². The number of rotatable bonds is 1. The van der Waals surface area contributed by atoms with Crippen molar-refractivity contribution in [2.75, 3.05) is 31.1 Å². The second-order valence-electron chi connectivity index (χ2n) is 6.72. The molecular weight excluding hydrogens is 330 g/mol. The van der Waals surface area contributed by atoms with Crippen LogP contribution in [0.25, 0.3) is 4.96 Å². The molecule has 0 spiro atoms. The van der Waals surface area contributed by atoms with Crippen molar-refractivity contribution in [3.63, 3.8) is 0 Å². The van der Waals surface area contributed by atoms with Gasteiger partial charge in [-0.1, -0.05) is 11.3 Å². The maximum atomic E-state index is 12.1. The Kier molecular flexibility index (Phi) is 4.20. The molecule has 0 N–H and O–H groups in total. The normalized spacial score (nSPS) is 15.8. The van der Waals surface area contributed by atoms with Gasteiger partial charge in [-0.3, -0.25) is 4.79 Å². The molecule has 2 aromatic heterocycles. The van der Waals surface area contributed by atoms with Gasteiger partial charge in [0.15, 0.2) is 0 Å². The van der Waals surface area contributed by atoms with Gasteiger partial charge >= 0.3 is 6.09 Å². The highest BCUT2D eigenvalue weighted by molar-refractivity contribution is 7.16. The molecule has 1 amide bonds. The first kappa shape index (κ1) is 16.7. The summed E-state index contributed by atoms with van der Waals surface area (Å²) in [5, 5.41) is 4.94. The Hall–Kier alpha value is -2.16. The number of aromatic nitrogens is 3. The average molecular weight is 351 g/mol. The Balaban J connectivity index is 1.71. The maximum absolute atomic E-state index is 12.1. The summed E-state index contributed by atoms with van der Waals surface area (Å²) >= 11 is 1.39. The molecule has 2 aromatic rings. The van der Waals surface area contributed by atoms with E-state index in [4.69, 9.17) is 4.74 Å². The van der Waals surface area contributed by atoms with Crippen molar-refractivity contribution in [2.24, 2.45) is 0 Å². The number of hydrogen-bond acceptors (Lipinski definition) is 7. The van der Waals surface area contributed by atoms with Crippen molar-refractivity contribution >= 4 is 28.2 Å². The highest BCUT2D eigenvalue weighted by Crippen LogP contribution is 2.17. The van der Waals surface area contributed by atoms with Gasteiger partial charge < -0.3 is 14.5 Å². The largest absolute Gasteiger partial charge is 0.444 e. The number of carbonyl (C=O) groups excluding carboxylic acids is 1. The van der Waals surface area contributed by atoms with E-state index in [1.54, 1.807) is 4.90 Å². The number of ether oxygens (including phenoxy) is 1. The highest BCUT2D eigenvalue weighted by Gasteiger charge is 2.26. The first-order valence-corrected chi connectivity index (χ1v) is 8.65. The average Bonchev–Trinajstić information content (AvgIpc) is 2.86. The molecule has 0 aromatic carbocycles. The third-order valence-electron chi connectivity index (χ3n) is 3.59. The van der Waals surface area contributed by atoms with E-state index < -0.39 is 5.60 Å². The second-order valence-corrected chi connectivity index (χ2v) is 7.88. The van der Waals surface area contributed by atoms with Gasteiger partial charge in [0.2, 0.25) is 4.96 Å². The Morgan fingerprint density at radius 3 is 2.54 bits per heavy atom. The monoisotopic (exact) mass is 351 g/mol. The van der Waals surface area contributed by atoms with Crippen LogP contribution in [-0.4, -0.2) is 57.4 Å². The number of piperazine rings is 1. The third kappa shape index (κ3) is 3.50. The van der Waals surface area contributed by atoms with E-state index in [9.17, 15) is 9.59 Å². The zero-order chi connectivity index (χ0) is 17.5. The number of fused-ring (bicyclic) bond motifs is 1. The molecule has 3 heterocycles. The van der Waals surface area contributed by atoms with Crippen LogP contribution in [0.3, 0.4) is 0 Å². The van der Waals surface area contributed by atoms with Gasteiger partial charge in [0, 0.05) is 32.2 Å². The van der Waals surface area contributed by atoms with Gasteiger partial charge in [-0.05, 0) is 27.7 Å². The van der Waals surface area contributed by atoms with E-state index in [2.05, 4.69) is 10.1 Å². The summed E-state index contributed by atoms with van der Waals surface area (Å²) in [7, 11) is 0. The van der Waals surface area contributed by atoms with Crippen LogP contribution < -0.4 is 10.5 Å². The molecule has 0 aliphatic carbocycles. The molecule has 1 fully saturated rings. The van der Waals surface area contributed by atoms with Gasteiger partial charge in [0.25, 0.3) is 5.56 Å². The fourth-order valence-electron chi connectivity index (χ4n) is 2.50. The van der Waals surface area contributed by atoms with E-state index in [1.807, 2.05) is 32.6 Å². The number of aryl methyl sites for hydroxylation is 1. The molecule has 130 valence electrons. The minimum atomic E-state index is -0.500. The van der Waals surface area contributed by atoms with E-state index in [1.165, 1.54) is 21.9 Å². The molecule has 0 unspecified atom stereocenters. The molecule has 1 aliphatic rings. The maximum Gasteiger partial charge on any atom is 0.410 e. The van der Waals surface area contributed by atoms with Crippen LogP contribution in [0.2, 0.25) is 0 Å². The number of amides is 1. The van der Waals surface area contributed by atoms with Gasteiger partial charge in [0.05, 0.1) is 0 Å². The summed E-state index contributed by atoms with van der Waals surface area (Å²) in [6, 6.07) is 1.50. The van der Waals surface area contributed by atoms with Crippen molar-refractivity contribution in [3.8, 4) is 0 Å². The van der Waals surface area contributed by atoms with Crippen molar-refractivity contribution in [1.82, 2.24) is 19.5 Å². The predicted molar refractivity (Wildman–Crippen MR) is 91.9 cm³/mol. The summed E-state index contributed by atoms with van der Waals surface area (Å²) in [5.41, 5.74) is -0.687. The minimum absolute atomic E-state index is 0.186. The molecule has 24 heavy (non-hydrogen) atoms. The molecular formula is C15H21N5O3S. The summed E-state index contributed by atoms with van der Waals surface area (Å²) in [6.45, 7) is 9.70. The van der Waals surface area contributed by atoms with Gasteiger partial charge in [-0.25, -0.2) is 9.78 Å². The van der Waals surface area contributed by atoms with Crippen LogP contribution in [0.5, 0.6) is 0 Å². The van der Waals surface area contributed by atoms with Crippen LogP contribution >= 0.6 is 11.3 Å². The second kappa shape index (κ2) is 6.04. The summed E-state index contributed by atoms with van der Waals surface area (Å²) < 4.78 is 6.71. The Labute approximate surface area is 143 Å². The minimum Gasteiger partial charge on any atom is -0.444 e. The van der Waals surface area contributed by atoms with E-state index >= 15 is 0 Å². The third-order valence-corrected chi connectivity index (χ3v) is 4.41. The fraction of sp³-hybridized carbons (Fsp3) is 0.600. The van der Waals surface area contributed by atoms with Gasteiger partial charge in [0.1, 0.15) is 16.4 Å². The number of hydrogen-bond donors (Lipinski definition) is 0. The standard InChI is InChI=1S/C15H21N5O3S/c1-10-17-20-12(21)9-11(16-13(20)24-10)18-5-7-19(8-6-18)14(22)23-15(2,3)4/h9H,5-8H2,1-4H3. The Bertz CT molecular complexity index is 815. The van der Waals surface area contributed by atoms with Crippen molar-refractivity contribution in [3.05, 3.63) is 21.4 Å². The van der Waals surface area contributed by atoms with Crippen molar-refractivity contribution < 1.29 is 9.53 Å².